The van der Waals surface area contributed by atoms with Crippen LogP contribution in [0.1, 0.15) is 37.3 Å². The lowest BCUT2D eigenvalue weighted by atomic mass is 10.0. The maximum absolute atomic E-state index is 8.88. The molecule has 0 bridgehead atoms. The number of methoxy groups -OCH3 is 1. The van der Waals surface area contributed by atoms with E-state index in [4.69, 9.17) is 15.7 Å². The summed E-state index contributed by atoms with van der Waals surface area (Å²) >= 11 is 0. The van der Waals surface area contributed by atoms with E-state index in [1.54, 1.807) is 7.11 Å². The van der Waals surface area contributed by atoms with Gasteiger partial charge in [0.2, 0.25) is 0 Å². The van der Waals surface area contributed by atoms with E-state index in [2.05, 4.69) is 17.0 Å². The average molecular weight is 291 g/mol. The summed E-state index contributed by atoms with van der Waals surface area (Å²) in [6.45, 7) is 5.48. The number of benzene rings is 1. The molecule has 1 saturated heterocycles. The van der Waals surface area contributed by atoms with Gasteiger partial charge in [-0.2, -0.15) is 0 Å². The molecule has 0 saturated carbocycles. The van der Waals surface area contributed by atoms with Gasteiger partial charge >= 0.3 is 0 Å². The molecule has 1 unspecified atom stereocenters. The Hall–Kier alpha value is -1.75. The Labute approximate surface area is 126 Å². The van der Waals surface area contributed by atoms with Gasteiger partial charge < -0.3 is 15.7 Å². The molecule has 5 heteroatoms. The van der Waals surface area contributed by atoms with Crippen LogP contribution in [0.4, 0.5) is 0 Å². The first-order chi connectivity index (χ1) is 10.1. The Balaban J connectivity index is 2.13. The number of hydrogen-bond acceptors (Lipinski definition) is 4. The van der Waals surface area contributed by atoms with Gasteiger partial charge in [0.15, 0.2) is 5.84 Å². The van der Waals surface area contributed by atoms with E-state index in [1.807, 2.05) is 18.2 Å². The highest BCUT2D eigenvalue weighted by molar-refractivity contribution is 5.99. The van der Waals surface area contributed by atoms with Gasteiger partial charge in [0, 0.05) is 6.54 Å². The zero-order valence-corrected chi connectivity index (χ0v) is 12.9. The van der Waals surface area contributed by atoms with E-state index < -0.39 is 0 Å². The highest BCUT2D eigenvalue weighted by Gasteiger charge is 2.15. The van der Waals surface area contributed by atoms with Gasteiger partial charge in [0.25, 0.3) is 0 Å². The van der Waals surface area contributed by atoms with E-state index in [9.17, 15) is 0 Å². The number of oxime groups is 1. The predicted octanol–water partition coefficient (Wildman–Crippen LogP) is 2.41. The number of hydrogen-bond donors (Lipinski definition) is 2. The lowest BCUT2D eigenvalue weighted by Gasteiger charge is -2.20. The number of likely N-dealkylation sites (tertiary alicyclic amines) is 1. The van der Waals surface area contributed by atoms with Crippen molar-refractivity contribution in [1.82, 2.24) is 4.90 Å². The molecule has 0 spiro atoms. The first-order valence-electron chi connectivity index (χ1n) is 7.51. The normalized spacial score (nSPS) is 21.0. The molecule has 116 valence electrons. The molecule has 0 amide bonds. The zero-order valence-electron chi connectivity index (χ0n) is 12.9. The molecule has 1 aliphatic heterocycles. The second-order valence-corrected chi connectivity index (χ2v) is 5.83. The summed E-state index contributed by atoms with van der Waals surface area (Å²) in [5.74, 6) is 1.52. The highest BCUT2D eigenvalue weighted by atomic mass is 16.5. The Morgan fingerprint density at radius 1 is 1.43 bits per heavy atom. The Morgan fingerprint density at radius 2 is 2.24 bits per heavy atom. The fraction of sp³-hybridized carbons (Fsp3) is 0.562. The summed E-state index contributed by atoms with van der Waals surface area (Å²) < 4.78 is 5.26. The summed E-state index contributed by atoms with van der Waals surface area (Å²) in [6.07, 6.45) is 3.82. The van der Waals surface area contributed by atoms with Crippen LogP contribution in [0, 0.1) is 5.92 Å². The van der Waals surface area contributed by atoms with E-state index in [-0.39, 0.29) is 5.84 Å². The van der Waals surface area contributed by atoms with Gasteiger partial charge in [-0.25, -0.2) is 0 Å². The van der Waals surface area contributed by atoms with Crippen LogP contribution >= 0.6 is 0 Å². The van der Waals surface area contributed by atoms with Crippen LogP contribution < -0.4 is 10.5 Å². The molecule has 1 heterocycles. The molecule has 1 aromatic carbocycles. The molecule has 2 rings (SSSR count). The van der Waals surface area contributed by atoms with Crippen LogP contribution in [-0.2, 0) is 6.54 Å². The van der Waals surface area contributed by atoms with Gasteiger partial charge in [-0.05, 0) is 56.0 Å². The molecule has 0 aromatic heterocycles. The van der Waals surface area contributed by atoms with Crippen LogP contribution in [0.2, 0.25) is 0 Å². The van der Waals surface area contributed by atoms with Crippen molar-refractivity contribution in [2.24, 2.45) is 16.8 Å². The Morgan fingerprint density at radius 3 is 2.95 bits per heavy atom. The van der Waals surface area contributed by atoms with Crippen LogP contribution in [-0.4, -0.2) is 36.1 Å². The molecule has 0 radical (unpaired) electrons. The van der Waals surface area contributed by atoms with Crippen molar-refractivity contribution >= 4 is 5.84 Å². The maximum atomic E-state index is 8.88. The second kappa shape index (κ2) is 7.31. The minimum atomic E-state index is 0.0817. The predicted molar refractivity (Wildman–Crippen MR) is 83.8 cm³/mol. The lowest BCUT2D eigenvalue weighted by Crippen LogP contribution is -2.24. The molecule has 1 fully saturated rings. The second-order valence-electron chi connectivity index (χ2n) is 5.83. The van der Waals surface area contributed by atoms with Crippen LogP contribution in [0.25, 0.3) is 0 Å². The summed E-state index contributed by atoms with van der Waals surface area (Å²) in [4.78, 5) is 2.47. The number of amidine groups is 1. The average Bonchev–Trinajstić information content (AvgIpc) is 2.71. The maximum Gasteiger partial charge on any atom is 0.173 e. The van der Waals surface area contributed by atoms with Crippen molar-refractivity contribution in [3.05, 3.63) is 29.3 Å². The third kappa shape index (κ3) is 4.11. The zero-order chi connectivity index (χ0) is 15.2. The molecule has 5 nitrogen and oxygen atoms in total. The van der Waals surface area contributed by atoms with Gasteiger partial charge in [-0.3, -0.25) is 4.90 Å². The monoisotopic (exact) mass is 291 g/mol. The van der Waals surface area contributed by atoms with Crippen molar-refractivity contribution in [3.63, 3.8) is 0 Å². The van der Waals surface area contributed by atoms with Gasteiger partial charge in [0.05, 0.1) is 12.7 Å². The van der Waals surface area contributed by atoms with Crippen LogP contribution in [0.5, 0.6) is 5.75 Å². The molecule has 21 heavy (non-hydrogen) atoms. The minimum absolute atomic E-state index is 0.0817. The summed E-state index contributed by atoms with van der Waals surface area (Å²) in [5, 5.41) is 12.0. The standard InChI is InChI=1S/C16H25N3O2/c1-12-4-3-8-19(9-7-12)11-13-5-6-15(21-2)14(10-13)16(17)18-20/h5-6,10,12,20H,3-4,7-9,11H2,1-2H3,(H2,17,18). The molecule has 1 atom stereocenters. The smallest absolute Gasteiger partial charge is 0.173 e. The van der Waals surface area contributed by atoms with E-state index in [0.29, 0.717) is 11.3 Å². The number of nitrogens with zero attached hydrogens (tertiary/aromatic N) is 2. The van der Waals surface area contributed by atoms with Gasteiger partial charge in [-0.1, -0.05) is 18.1 Å². The fourth-order valence-corrected chi connectivity index (χ4v) is 2.85. The summed E-state index contributed by atoms with van der Waals surface area (Å²) in [5.41, 5.74) is 7.52. The van der Waals surface area contributed by atoms with Crippen molar-refractivity contribution in [3.8, 4) is 5.75 Å². The largest absolute Gasteiger partial charge is 0.496 e. The third-order valence-electron chi connectivity index (χ3n) is 4.16. The lowest BCUT2D eigenvalue weighted by molar-refractivity contribution is 0.273. The van der Waals surface area contributed by atoms with Crippen molar-refractivity contribution < 1.29 is 9.94 Å². The number of ether oxygens (including phenoxy) is 1. The third-order valence-corrected chi connectivity index (χ3v) is 4.16. The van der Waals surface area contributed by atoms with Crippen LogP contribution in [0.15, 0.2) is 23.4 Å². The van der Waals surface area contributed by atoms with Crippen molar-refractivity contribution in [1.29, 1.82) is 0 Å². The van der Waals surface area contributed by atoms with E-state index >= 15 is 0 Å². The Kier molecular flexibility index (Phi) is 5.44. The molecule has 0 aliphatic carbocycles. The molecule has 1 aromatic rings. The van der Waals surface area contributed by atoms with Crippen molar-refractivity contribution in [2.75, 3.05) is 20.2 Å². The van der Waals surface area contributed by atoms with Gasteiger partial charge in [0.1, 0.15) is 5.75 Å². The molecular formula is C16H25N3O2. The summed E-state index contributed by atoms with van der Waals surface area (Å²) in [7, 11) is 1.58. The quantitative estimate of drug-likeness (QED) is 0.387. The van der Waals surface area contributed by atoms with E-state index in [1.165, 1.54) is 19.3 Å². The first-order valence-corrected chi connectivity index (χ1v) is 7.51. The minimum Gasteiger partial charge on any atom is -0.496 e. The number of rotatable bonds is 4. The molecule has 3 N–H and O–H groups in total. The molecular weight excluding hydrogens is 266 g/mol. The topological polar surface area (TPSA) is 71.1 Å². The van der Waals surface area contributed by atoms with Crippen LogP contribution in [0.3, 0.4) is 0 Å². The highest BCUT2D eigenvalue weighted by Crippen LogP contribution is 2.22. The van der Waals surface area contributed by atoms with E-state index in [0.717, 1.165) is 31.1 Å². The summed E-state index contributed by atoms with van der Waals surface area (Å²) in [6, 6.07) is 5.87. The van der Waals surface area contributed by atoms with Crippen molar-refractivity contribution in [2.45, 2.75) is 32.7 Å². The Bertz CT molecular complexity index is 502. The van der Waals surface area contributed by atoms with Gasteiger partial charge in [-0.15, -0.1) is 0 Å². The first kappa shape index (κ1) is 15.6. The molecule has 1 aliphatic rings. The SMILES string of the molecule is COc1ccc(CN2CCCC(C)CC2)cc1C(N)=NO. The fourth-order valence-electron chi connectivity index (χ4n) is 2.85. The number of nitrogens with two attached hydrogens (primary N) is 1.